The van der Waals surface area contributed by atoms with Crippen LogP contribution in [0.3, 0.4) is 0 Å². The summed E-state index contributed by atoms with van der Waals surface area (Å²) in [5, 5.41) is 3.25. The molecule has 0 bridgehead atoms. The van der Waals surface area contributed by atoms with Gasteiger partial charge in [0.05, 0.1) is 23.7 Å². The van der Waals surface area contributed by atoms with E-state index in [-0.39, 0.29) is 18.1 Å². The summed E-state index contributed by atoms with van der Waals surface area (Å²) in [5.74, 6) is 0.899. The lowest BCUT2D eigenvalue weighted by molar-refractivity contribution is 0.0220. The van der Waals surface area contributed by atoms with Gasteiger partial charge in [0.2, 0.25) is 0 Å². The van der Waals surface area contributed by atoms with Gasteiger partial charge in [0.15, 0.2) is 9.84 Å². The third-order valence-corrected chi connectivity index (χ3v) is 5.57. The van der Waals surface area contributed by atoms with Gasteiger partial charge in [-0.25, -0.2) is 8.42 Å². The smallest absolute Gasteiger partial charge is 0.150 e. The van der Waals surface area contributed by atoms with E-state index in [9.17, 15) is 8.42 Å². The van der Waals surface area contributed by atoms with Gasteiger partial charge in [-0.2, -0.15) is 0 Å². The molecule has 0 amide bonds. The molecular formula is C11H21NO3S. The molecule has 4 atom stereocenters. The predicted molar refractivity (Wildman–Crippen MR) is 63.2 cm³/mol. The van der Waals surface area contributed by atoms with Crippen molar-refractivity contribution in [3.8, 4) is 0 Å². The number of likely N-dealkylation sites (N-methyl/N-ethyl adjacent to an activating group) is 1. The van der Waals surface area contributed by atoms with E-state index in [1.165, 1.54) is 0 Å². The standard InChI is InChI=1S/C11H21NO3S/c1-8-3-4-10(15-8)11(12-2)9-5-6-16(13,14)7-9/h8-12H,3-7H2,1-2H3. The van der Waals surface area contributed by atoms with Crippen molar-refractivity contribution >= 4 is 9.84 Å². The lowest BCUT2D eigenvalue weighted by Gasteiger charge is -2.27. The van der Waals surface area contributed by atoms with Crippen LogP contribution in [0, 0.1) is 5.92 Å². The molecule has 0 radical (unpaired) electrons. The number of hydrogen-bond acceptors (Lipinski definition) is 4. The van der Waals surface area contributed by atoms with Gasteiger partial charge in [-0.3, -0.25) is 0 Å². The molecule has 2 saturated heterocycles. The Balaban J connectivity index is 2.00. The molecule has 94 valence electrons. The zero-order valence-electron chi connectivity index (χ0n) is 9.98. The van der Waals surface area contributed by atoms with Gasteiger partial charge in [-0.05, 0) is 39.2 Å². The zero-order valence-corrected chi connectivity index (χ0v) is 10.8. The van der Waals surface area contributed by atoms with E-state index < -0.39 is 9.84 Å². The minimum atomic E-state index is -2.79. The van der Waals surface area contributed by atoms with E-state index in [4.69, 9.17) is 4.74 Å². The quantitative estimate of drug-likeness (QED) is 0.792. The fourth-order valence-corrected chi connectivity index (χ4v) is 4.78. The summed E-state index contributed by atoms with van der Waals surface area (Å²) in [6.07, 6.45) is 3.42. The molecule has 2 fully saturated rings. The maximum absolute atomic E-state index is 11.5. The summed E-state index contributed by atoms with van der Waals surface area (Å²) in [6, 6.07) is 0.197. The lowest BCUT2D eigenvalue weighted by atomic mass is 9.93. The summed E-state index contributed by atoms with van der Waals surface area (Å²) in [7, 11) is -0.884. The first kappa shape index (κ1) is 12.3. The van der Waals surface area contributed by atoms with Crippen LogP contribution in [0.4, 0.5) is 0 Å². The Kier molecular flexibility index (Phi) is 3.56. The molecule has 16 heavy (non-hydrogen) atoms. The van der Waals surface area contributed by atoms with Gasteiger partial charge in [0.1, 0.15) is 0 Å². The normalized spacial score (nSPS) is 40.0. The average Bonchev–Trinajstić information content (AvgIpc) is 2.75. The molecule has 0 aromatic rings. The van der Waals surface area contributed by atoms with Gasteiger partial charge in [-0.1, -0.05) is 0 Å². The fourth-order valence-electron chi connectivity index (χ4n) is 2.93. The van der Waals surface area contributed by atoms with Crippen LogP contribution in [0.5, 0.6) is 0 Å². The molecule has 2 aliphatic rings. The zero-order chi connectivity index (χ0) is 11.8. The minimum Gasteiger partial charge on any atom is -0.374 e. The summed E-state index contributed by atoms with van der Waals surface area (Å²) >= 11 is 0. The van der Waals surface area contributed by atoms with Crippen molar-refractivity contribution in [2.45, 2.75) is 44.4 Å². The van der Waals surface area contributed by atoms with Gasteiger partial charge >= 0.3 is 0 Å². The Morgan fingerprint density at radius 2 is 2.06 bits per heavy atom. The molecule has 0 aromatic carbocycles. The first-order valence-corrected chi connectivity index (χ1v) is 7.87. The summed E-state index contributed by atoms with van der Waals surface area (Å²) in [5.41, 5.74) is 0. The molecule has 4 nitrogen and oxygen atoms in total. The SMILES string of the molecule is CNC(C1CCS(=O)(=O)C1)C1CCC(C)O1. The molecule has 4 unspecified atom stereocenters. The third-order valence-electron chi connectivity index (χ3n) is 3.77. The molecule has 0 aliphatic carbocycles. The highest BCUT2D eigenvalue weighted by atomic mass is 32.2. The highest BCUT2D eigenvalue weighted by Gasteiger charge is 2.39. The highest BCUT2D eigenvalue weighted by molar-refractivity contribution is 7.91. The number of hydrogen-bond donors (Lipinski definition) is 1. The number of sulfone groups is 1. The van der Waals surface area contributed by atoms with Crippen molar-refractivity contribution in [3.05, 3.63) is 0 Å². The number of nitrogens with one attached hydrogen (secondary N) is 1. The van der Waals surface area contributed by atoms with Crippen molar-refractivity contribution in [2.24, 2.45) is 5.92 Å². The van der Waals surface area contributed by atoms with Gasteiger partial charge < -0.3 is 10.1 Å². The molecule has 0 aromatic heterocycles. The largest absolute Gasteiger partial charge is 0.374 e. The Morgan fingerprint density at radius 3 is 2.50 bits per heavy atom. The fraction of sp³-hybridized carbons (Fsp3) is 1.00. The maximum Gasteiger partial charge on any atom is 0.150 e. The molecule has 0 saturated carbocycles. The van der Waals surface area contributed by atoms with E-state index >= 15 is 0 Å². The highest BCUT2D eigenvalue weighted by Crippen LogP contribution is 2.30. The summed E-state index contributed by atoms with van der Waals surface area (Å²) in [6.45, 7) is 2.08. The van der Waals surface area contributed by atoms with Gasteiger partial charge in [0, 0.05) is 6.04 Å². The van der Waals surface area contributed by atoms with Crippen LogP contribution in [0.1, 0.15) is 26.2 Å². The Morgan fingerprint density at radius 1 is 1.31 bits per heavy atom. The van der Waals surface area contributed by atoms with Crippen LogP contribution in [0.2, 0.25) is 0 Å². The predicted octanol–water partition coefficient (Wildman–Crippen LogP) is 0.577. The molecule has 5 heteroatoms. The lowest BCUT2D eigenvalue weighted by Crippen LogP contribution is -2.44. The third kappa shape index (κ3) is 2.57. The van der Waals surface area contributed by atoms with Crippen molar-refractivity contribution in [1.82, 2.24) is 5.32 Å². The van der Waals surface area contributed by atoms with Crippen LogP contribution >= 0.6 is 0 Å². The van der Waals surface area contributed by atoms with Crippen molar-refractivity contribution in [2.75, 3.05) is 18.6 Å². The minimum absolute atomic E-state index is 0.193. The average molecular weight is 247 g/mol. The molecule has 2 heterocycles. The Labute approximate surface area is 97.7 Å². The van der Waals surface area contributed by atoms with Crippen molar-refractivity contribution in [1.29, 1.82) is 0 Å². The second-order valence-electron chi connectivity index (χ2n) is 5.04. The van der Waals surface area contributed by atoms with Crippen LogP contribution in [-0.2, 0) is 14.6 Å². The van der Waals surface area contributed by atoms with Gasteiger partial charge in [0.25, 0.3) is 0 Å². The monoisotopic (exact) mass is 247 g/mol. The first-order valence-electron chi connectivity index (χ1n) is 6.05. The van der Waals surface area contributed by atoms with Crippen LogP contribution in [-0.4, -0.2) is 45.2 Å². The van der Waals surface area contributed by atoms with E-state index in [0.717, 1.165) is 19.3 Å². The number of ether oxygens (including phenoxy) is 1. The van der Waals surface area contributed by atoms with E-state index in [2.05, 4.69) is 12.2 Å². The van der Waals surface area contributed by atoms with Crippen LogP contribution < -0.4 is 5.32 Å². The molecule has 1 N–H and O–H groups in total. The number of rotatable bonds is 3. The van der Waals surface area contributed by atoms with E-state index in [0.29, 0.717) is 17.6 Å². The molecule has 2 rings (SSSR count). The van der Waals surface area contributed by atoms with Crippen LogP contribution in [0.15, 0.2) is 0 Å². The summed E-state index contributed by atoms with van der Waals surface area (Å²) < 4.78 is 28.8. The first-order chi connectivity index (χ1) is 7.52. The van der Waals surface area contributed by atoms with Crippen molar-refractivity contribution in [3.63, 3.8) is 0 Å². The molecular weight excluding hydrogens is 226 g/mol. The van der Waals surface area contributed by atoms with E-state index in [1.807, 2.05) is 7.05 Å². The summed E-state index contributed by atoms with van der Waals surface area (Å²) in [4.78, 5) is 0. The molecule has 2 aliphatic heterocycles. The Bertz CT molecular complexity index is 341. The van der Waals surface area contributed by atoms with Gasteiger partial charge in [-0.15, -0.1) is 0 Å². The molecule has 0 spiro atoms. The second kappa shape index (κ2) is 4.63. The van der Waals surface area contributed by atoms with E-state index in [1.54, 1.807) is 0 Å². The maximum atomic E-state index is 11.5. The van der Waals surface area contributed by atoms with Crippen LogP contribution in [0.25, 0.3) is 0 Å². The topological polar surface area (TPSA) is 55.4 Å². The van der Waals surface area contributed by atoms with Crippen molar-refractivity contribution < 1.29 is 13.2 Å². The Hall–Kier alpha value is -0.130. The second-order valence-corrected chi connectivity index (χ2v) is 7.27.